The van der Waals surface area contributed by atoms with E-state index in [1.165, 1.54) is 10.4 Å². The summed E-state index contributed by atoms with van der Waals surface area (Å²) < 4.78 is 31.3. The number of carbonyl (C=O) groups is 1. The van der Waals surface area contributed by atoms with Crippen LogP contribution in [0, 0.1) is 11.8 Å². The highest BCUT2D eigenvalue weighted by molar-refractivity contribution is 7.92. The summed E-state index contributed by atoms with van der Waals surface area (Å²) in [7, 11) is -3.57. The summed E-state index contributed by atoms with van der Waals surface area (Å²) >= 11 is 5.97. The maximum Gasteiger partial charge on any atom is 0.263 e. The molecule has 1 aromatic rings. The molecular weight excluding hydrogens is 364 g/mol. The Morgan fingerprint density at radius 2 is 1.88 bits per heavy atom. The largest absolute Gasteiger partial charge is 0.476 e. The molecule has 2 rings (SSSR count). The summed E-state index contributed by atoms with van der Waals surface area (Å²) in [6.07, 6.45) is 0.187. The predicted octanol–water partition coefficient (Wildman–Crippen LogP) is 2.66. The van der Waals surface area contributed by atoms with Gasteiger partial charge in [0, 0.05) is 11.1 Å². The molecule has 0 fully saturated rings. The summed E-state index contributed by atoms with van der Waals surface area (Å²) in [4.78, 5) is 12.7. The molecule has 1 heterocycles. The number of sulfonamides is 1. The molecule has 0 saturated carbocycles. The van der Waals surface area contributed by atoms with E-state index in [9.17, 15) is 13.2 Å². The Hall–Kier alpha value is -1.47. The Labute approximate surface area is 154 Å². The van der Waals surface area contributed by atoms with Gasteiger partial charge in [0.25, 0.3) is 5.91 Å². The van der Waals surface area contributed by atoms with Gasteiger partial charge in [-0.05, 0) is 30.0 Å². The molecule has 0 bridgehead atoms. The molecule has 0 aromatic heterocycles. The van der Waals surface area contributed by atoms with Crippen molar-refractivity contribution in [3.8, 4) is 5.75 Å². The molecule has 0 aliphatic carbocycles. The zero-order valence-corrected chi connectivity index (χ0v) is 16.7. The van der Waals surface area contributed by atoms with Gasteiger partial charge >= 0.3 is 0 Å². The average Bonchev–Trinajstić information content (AvgIpc) is 2.49. The van der Waals surface area contributed by atoms with Crippen LogP contribution in [0.15, 0.2) is 18.2 Å². The summed E-state index contributed by atoms with van der Waals surface area (Å²) in [5.41, 5.74) is 0.350. The van der Waals surface area contributed by atoms with Crippen molar-refractivity contribution in [3.63, 3.8) is 0 Å². The topological polar surface area (TPSA) is 75.7 Å². The third-order valence-electron chi connectivity index (χ3n) is 4.23. The van der Waals surface area contributed by atoms with Crippen molar-refractivity contribution < 1.29 is 17.9 Å². The second-order valence-electron chi connectivity index (χ2n) is 7.04. The highest BCUT2D eigenvalue weighted by atomic mass is 35.5. The molecule has 1 atom stereocenters. The summed E-state index contributed by atoms with van der Waals surface area (Å²) in [6.45, 7) is 8.06. The van der Waals surface area contributed by atoms with Crippen LogP contribution < -0.4 is 14.4 Å². The standard InChI is InChI=1S/C17H25ClN2O4S/c1-10(2)16(11(3)4)19-17(21)15-9-20(25(5,22)23)13-8-12(18)6-7-14(13)24-15/h6-8,10-11,15-16H,9H2,1-5H3,(H,19,21)/t15-/m0/s1. The Morgan fingerprint density at radius 1 is 1.28 bits per heavy atom. The zero-order valence-electron chi connectivity index (χ0n) is 15.1. The second kappa shape index (κ2) is 7.41. The third-order valence-corrected chi connectivity index (χ3v) is 5.61. The Balaban J connectivity index is 2.30. The van der Waals surface area contributed by atoms with E-state index in [0.29, 0.717) is 16.5 Å². The van der Waals surface area contributed by atoms with E-state index in [0.717, 1.165) is 6.26 Å². The van der Waals surface area contributed by atoms with Crippen LogP contribution in [-0.2, 0) is 14.8 Å². The smallest absolute Gasteiger partial charge is 0.263 e. The molecule has 1 aliphatic rings. The molecule has 1 N–H and O–H groups in total. The number of rotatable bonds is 5. The first-order valence-corrected chi connectivity index (χ1v) is 10.5. The lowest BCUT2D eigenvalue weighted by molar-refractivity contribution is -0.129. The van der Waals surface area contributed by atoms with Crippen LogP contribution in [0.3, 0.4) is 0 Å². The van der Waals surface area contributed by atoms with Gasteiger partial charge in [0.2, 0.25) is 10.0 Å². The van der Waals surface area contributed by atoms with Gasteiger partial charge in [-0.2, -0.15) is 0 Å². The molecule has 140 valence electrons. The average molecular weight is 389 g/mol. The fourth-order valence-electron chi connectivity index (χ4n) is 3.04. The molecule has 1 aromatic carbocycles. The van der Waals surface area contributed by atoms with Crippen molar-refractivity contribution in [1.29, 1.82) is 0 Å². The lowest BCUT2D eigenvalue weighted by Gasteiger charge is -2.35. The number of nitrogens with one attached hydrogen (secondary N) is 1. The van der Waals surface area contributed by atoms with Gasteiger partial charge in [-0.1, -0.05) is 39.3 Å². The van der Waals surface area contributed by atoms with E-state index >= 15 is 0 Å². The van der Waals surface area contributed by atoms with Gasteiger partial charge in [0.1, 0.15) is 5.75 Å². The number of nitrogens with zero attached hydrogens (tertiary/aromatic N) is 1. The number of carbonyl (C=O) groups excluding carboxylic acids is 1. The number of amides is 1. The molecule has 0 unspecified atom stereocenters. The minimum atomic E-state index is -3.57. The highest BCUT2D eigenvalue weighted by Crippen LogP contribution is 2.37. The maximum absolute atomic E-state index is 12.7. The van der Waals surface area contributed by atoms with Gasteiger partial charge in [0.15, 0.2) is 6.10 Å². The number of halogens is 1. The van der Waals surface area contributed by atoms with Crippen LogP contribution in [0.5, 0.6) is 5.75 Å². The van der Waals surface area contributed by atoms with Crippen molar-refractivity contribution in [2.24, 2.45) is 11.8 Å². The number of hydrogen-bond donors (Lipinski definition) is 1. The predicted molar refractivity (Wildman–Crippen MR) is 99.7 cm³/mol. The van der Waals surface area contributed by atoms with Gasteiger partial charge in [-0.25, -0.2) is 8.42 Å². The molecule has 25 heavy (non-hydrogen) atoms. The first kappa shape index (κ1) is 19.8. The quantitative estimate of drug-likeness (QED) is 0.841. The minimum Gasteiger partial charge on any atom is -0.476 e. The number of hydrogen-bond acceptors (Lipinski definition) is 4. The monoisotopic (exact) mass is 388 g/mol. The summed E-state index contributed by atoms with van der Waals surface area (Å²) in [5, 5.41) is 3.39. The van der Waals surface area contributed by atoms with Crippen molar-refractivity contribution in [2.75, 3.05) is 17.1 Å². The van der Waals surface area contributed by atoms with E-state index < -0.39 is 16.1 Å². The van der Waals surface area contributed by atoms with E-state index in [1.807, 2.05) is 27.7 Å². The molecule has 0 spiro atoms. The fraction of sp³-hybridized carbons (Fsp3) is 0.588. The van der Waals surface area contributed by atoms with E-state index in [-0.39, 0.29) is 30.3 Å². The molecule has 6 nitrogen and oxygen atoms in total. The first-order chi connectivity index (χ1) is 11.5. The summed E-state index contributed by atoms with van der Waals surface area (Å²) in [6, 6.07) is 4.69. The zero-order chi connectivity index (χ0) is 18.9. The van der Waals surface area contributed by atoms with Crippen LogP contribution in [0.4, 0.5) is 5.69 Å². The molecule has 0 radical (unpaired) electrons. The second-order valence-corrected chi connectivity index (χ2v) is 9.38. The van der Waals surface area contributed by atoms with E-state index in [2.05, 4.69) is 5.32 Å². The first-order valence-electron chi connectivity index (χ1n) is 8.25. The van der Waals surface area contributed by atoms with Crippen LogP contribution in [0.25, 0.3) is 0 Å². The maximum atomic E-state index is 12.7. The lowest BCUT2D eigenvalue weighted by Crippen LogP contribution is -2.54. The Kier molecular flexibility index (Phi) is 5.89. The number of anilines is 1. The van der Waals surface area contributed by atoms with Crippen LogP contribution >= 0.6 is 11.6 Å². The third kappa shape index (κ3) is 4.58. The van der Waals surface area contributed by atoms with Gasteiger partial charge in [-0.3, -0.25) is 9.10 Å². The van der Waals surface area contributed by atoms with Crippen LogP contribution in [-0.4, -0.2) is 39.3 Å². The van der Waals surface area contributed by atoms with Crippen LogP contribution in [0.2, 0.25) is 5.02 Å². The van der Waals surface area contributed by atoms with Gasteiger partial charge in [0.05, 0.1) is 18.5 Å². The molecule has 8 heteroatoms. The number of fused-ring (bicyclic) bond motifs is 1. The van der Waals surface area contributed by atoms with Crippen LogP contribution in [0.1, 0.15) is 27.7 Å². The van der Waals surface area contributed by atoms with Crippen molar-refractivity contribution in [2.45, 2.75) is 39.8 Å². The normalized spacial score (nSPS) is 17.6. The van der Waals surface area contributed by atoms with Crippen molar-refractivity contribution in [3.05, 3.63) is 23.2 Å². The number of benzene rings is 1. The van der Waals surface area contributed by atoms with E-state index in [1.54, 1.807) is 12.1 Å². The molecular formula is C17H25ClN2O4S. The number of ether oxygens (including phenoxy) is 1. The van der Waals surface area contributed by atoms with Gasteiger partial charge < -0.3 is 10.1 Å². The minimum absolute atomic E-state index is 0.0191. The molecule has 1 aliphatic heterocycles. The summed E-state index contributed by atoms with van der Waals surface area (Å²) in [5.74, 6) is 0.516. The highest BCUT2D eigenvalue weighted by Gasteiger charge is 2.36. The molecule has 0 saturated heterocycles. The van der Waals surface area contributed by atoms with E-state index in [4.69, 9.17) is 16.3 Å². The van der Waals surface area contributed by atoms with Crippen molar-refractivity contribution in [1.82, 2.24) is 5.32 Å². The SMILES string of the molecule is CC(C)C(NC(=O)[C@@H]1CN(S(C)(=O)=O)c2cc(Cl)ccc2O1)C(C)C. The van der Waals surface area contributed by atoms with Crippen molar-refractivity contribution >= 4 is 33.2 Å². The Morgan fingerprint density at radius 3 is 2.40 bits per heavy atom. The van der Waals surface area contributed by atoms with Gasteiger partial charge in [-0.15, -0.1) is 0 Å². The fourth-order valence-corrected chi connectivity index (χ4v) is 4.11. The Bertz CT molecular complexity index is 741. The lowest BCUT2D eigenvalue weighted by atomic mass is 9.93. The molecule has 1 amide bonds.